The quantitative estimate of drug-likeness (QED) is 0.483. The Labute approximate surface area is 203 Å². The molecule has 0 saturated carbocycles. The van der Waals surface area contributed by atoms with Gasteiger partial charge in [-0.05, 0) is 36.1 Å². The van der Waals surface area contributed by atoms with Crippen molar-refractivity contribution in [1.82, 2.24) is 14.7 Å². The SMILES string of the molecule is Cc1cccc(-n2nc(C(C)(C)C)cc2NC(=O)CN(Cc2ccccc2)C(=O)CC(C)C)c1. The number of nitrogens with one attached hydrogen (secondary N) is 1. The van der Waals surface area contributed by atoms with Crippen LogP contribution in [0.2, 0.25) is 0 Å². The standard InChI is InChI=1S/C28H36N4O2/c1-20(2)15-27(34)31(18-22-12-8-7-9-13-22)19-26(33)29-25-17-24(28(4,5)6)30-32(25)23-14-10-11-21(3)16-23/h7-14,16-17,20H,15,18-19H2,1-6H3,(H,29,33). The van der Waals surface area contributed by atoms with E-state index in [0.717, 1.165) is 22.5 Å². The molecular formula is C28H36N4O2. The van der Waals surface area contributed by atoms with Crippen LogP contribution in [0.3, 0.4) is 0 Å². The molecule has 0 radical (unpaired) electrons. The molecule has 0 aliphatic rings. The summed E-state index contributed by atoms with van der Waals surface area (Å²) < 4.78 is 1.77. The van der Waals surface area contributed by atoms with E-state index < -0.39 is 0 Å². The van der Waals surface area contributed by atoms with E-state index in [-0.39, 0.29) is 29.7 Å². The molecular weight excluding hydrogens is 424 g/mol. The summed E-state index contributed by atoms with van der Waals surface area (Å²) in [5.41, 5.74) is 3.67. The second kappa shape index (κ2) is 10.7. The minimum Gasteiger partial charge on any atom is -0.329 e. The van der Waals surface area contributed by atoms with Crippen molar-refractivity contribution in [3.05, 3.63) is 77.5 Å². The van der Waals surface area contributed by atoms with Gasteiger partial charge in [-0.15, -0.1) is 0 Å². The number of carbonyl (C=O) groups is 2. The normalized spacial score (nSPS) is 11.5. The summed E-state index contributed by atoms with van der Waals surface area (Å²) in [6.45, 7) is 12.7. The van der Waals surface area contributed by atoms with Crippen molar-refractivity contribution in [3.8, 4) is 5.69 Å². The molecule has 0 fully saturated rings. The average Bonchev–Trinajstić information content (AvgIpc) is 3.18. The molecule has 6 heteroatoms. The molecule has 180 valence electrons. The summed E-state index contributed by atoms with van der Waals surface area (Å²) in [6.07, 6.45) is 0.398. The average molecular weight is 461 g/mol. The summed E-state index contributed by atoms with van der Waals surface area (Å²) >= 11 is 0. The molecule has 0 atom stereocenters. The number of hydrogen-bond donors (Lipinski definition) is 1. The van der Waals surface area contributed by atoms with E-state index in [9.17, 15) is 9.59 Å². The Balaban J connectivity index is 1.86. The first-order chi connectivity index (χ1) is 16.0. The molecule has 1 aromatic heterocycles. The number of hydrogen-bond acceptors (Lipinski definition) is 3. The van der Waals surface area contributed by atoms with Crippen molar-refractivity contribution in [2.24, 2.45) is 5.92 Å². The number of amides is 2. The summed E-state index contributed by atoms with van der Waals surface area (Å²) in [5.74, 6) is 0.529. The van der Waals surface area contributed by atoms with Crippen molar-refractivity contribution >= 4 is 17.6 Å². The zero-order valence-electron chi connectivity index (χ0n) is 21.1. The lowest BCUT2D eigenvalue weighted by Gasteiger charge is -2.23. The maximum Gasteiger partial charge on any atom is 0.245 e. The Hall–Kier alpha value is -3.41. The van der Waals surface area contributed by atoms with Gasteiger partial charge in [0.25, 0.3) is 0 Å². The van der Waals surface area contributed by atoms with Crippen LogP contribution in [0.5, 0.6) is 0 Å². The van der Waals surface area contributed by atoms with Crippen LogP contribution in [0.25, 0.3) is 5.69 Å². The van der Waals surface area contributed by atoms with Crippen LogP contribution in [-0.4, -0.2) is 33.0 Å². The van der Waals surface area contributed by atoms with E-state index in [1.807, 2.05) is 81.4 Å². The first-order valence-electron chi connectivity index (χ1n) is 11.8. The van der Waals surface area contributed by atoms with Gasteiger partial charge in [0.15, 0.2) is 0 Å². The van der Waals surface area contributed by atoms with Gasteiger partial charge in [-0.25, -0.2) is 4.68 Å². The fraction of sp³-hybridized carbons (Fsp3) is 0.393. The van der Waals surface area contributed by atoms with Gasteiger partial charge in [0.05, 0.1) is 11.4 Å². The van der Waals surface area contributed by atoms with E-state index in [2.05, 4.69) is 26.1 Å². The van der Waals surface area contributed by atoms with Crippen LogP contribution in [0.4, 0.5) is 5.82 Å². The summed E-state index contributed by atoms with van der Waals surface area (Å²) in [5, 5.41) is 7.80. The second-order valence-electron chi connectivity index (χ2n) is 10.3. The first kappa shape index (κ1) is 25.2. The van der Waals surface area contributed by atoms with Crippen LogP contribution in [-0.2, 0) is 21.5 Å². The zero-order chi connectivity index (χ0) is 24.9. The Bertz CT molecular complexity index is 1130. The number of anilines is 1. The highest BCUT2D eigenvalue weighted by atomic mass is 16.2. The van der Waals surface area contributed by atoms with Crippen molar-refractivity contribution in [1.29, 1.82) is 0 Å². The van der Waals surface area contributed by atoms with E-state index in [0.29, 0.717) is 18.8 Å². The van der Waals surface area contributed by atoms with Crippen molar-refractivity contribution < 1.29 is 9.59 Å². The number of aryl methyl sites for hydroxylation is 1. The van der Waals surface area contributed by atoms with Crippen LogP contribution in [0, 0.1) is 12.8 Å². The lowest BCUT2D eigenvalue weighted by Crippen LogP contribution is -2.38. The molecule has 2 amide bonds. The van der Waals surface area contributed by atoms with Crippen LogP contribution in [0.1, 0.15) is 57.9 Å². The first-order valence-corrected chi connectivity index (χ1v) is 11.8. The third-order valence-corrected chi connectivity index (χ3v) is 5.48. The molecule has 0 spiro atoms. The summed E-state index contributed by atoms with van der Waals surface area (Å²) in [6, 6.07) is 19.7. The largest absolute Gasteiger partial charge is 0.329 e. The minimum absolute atomic E-state index is 0.0235. The van der Waals surface area contributed by atoms with Crippen LogP contribution < -0.4 is 5.32 Å². The smallest absolute Gasteiger partial charge is 0.245 e. The Morgan fingerprint density at radius 1 is 1.03 bits per heavy atom. The lowest BCUT2D eigenvalue weighted by atomic mass is 9.92. The molecule has 3 rings (SSSR count). The molecule has 3 aromatic rings. The molecule has 0 bridgehead atoms. The number of carbonyl (C=O) groups excluding carboxylic acids is 2. The minimum atomic E-state index is -0.248. The third-order valence-electron chi connectivity index (χ3n) is 5.48. The summed E-state index contributed by atoms with van der Waals surface area (Å²) in [7, 11) is 0. The van der Waals surface area contributed by atoms with Gasteiger partial charge in [0.1, 0.15) is 12.4 Å². The molecule has 0 aliphatic heterocycles. The van der Waals surface area contributed by atoms with Crippen LogP contribution >= 0.6 is 0 Å². The fourth-order valence-electron chi connectivity index (χ4n) is 3.66. The van der Waals surface area contributed by atoms with E-state index >= 15 is 0 Å². The van der Waals surface area contributed by atoms with Crippen molar-refractivity contribution in [2.45, 2.75) is 59.9 Å². The second-order valence-corrected chi connectivity index (χ2v) is 10.3. The summed E-state index contributed by atoms with van der Waals surface area (Å²) in [4.78, 5) is 27.7. The van der Waals surface area contributed by atoms with E-state index in [1.165, 1.54) is 0 Å². The number of benzene rings is 2. The Morgan fingerprint density at radius 2 is 1.74 bits per heavy atom. The number of aromatic nitrogens is 2. The topological polar surface area (TPSA) is 67.2 Å². The molecule has 6 nitrogen and oxygen atoms in total. The van der Waals surface area contributed by atoms with Gasteiger partial charge < -0.3 is 10.2 Å². The molecule has 2 aromatic carbocycles. The highest BCUT2D eigenvalue weighted by molar-refractivity contribution is 5.94. The van der Waals surface area contributed by atoms with Crippen molar-refractivity contribution in [2.75, 3.05) is 11.9 Å². The van der Waals surface area contributed by atoms with E-state index in [1.54, 1.807) is 9.58 Å². The maximum atomic E-state index is 13.2. The molecule has 1 heterocycles. The zero-order valence-corrected chi connectivity index (χ0v) is 21.1. The van der Waals surface area contributed by atoms with Gasteiger partial charge >= 0.3 is 0 Å². The molecule has 0 aliphatic carbocycles. The molecule has 0 saturated heterocycles. The number of nitrogens with zero attached hydrogens (tertiary/aromatic N) is 3. The van der Waals surface area contributed by atoms with Gasteiger partial charge in [0, 0.05) is 24.4 Å². The predicted molar refractivity (Wildman–Crippen MR) is 137 cm³/mol. The van der Waals surface area contributed by atoms with Gasteiger partial charge in [0.2, 0.25) is 11.8 Å². The molecule has 0 unspecified atom stereocenters. The molecule has 1 N–H and O–H groups in total. The van der Waals surface area contributed by atoms with Gasteiger partial charge in [-0.1, -0.05) is 77.1 Å². The highest BCUT2D eigenvalue weighted by Gasteiger charge is 2.23. The maximum absolute atomic E-state index is 13.2. The third kappa shape index (κ3) is 6.80. The molecule has 34 heavy (non-hydrogen) atoms. The fourth-order valence-corrected chi connectivity index (χ4v) is 3.66. The highest BCUT2D eigenvalue weighted by Crippen LogP contribution is 2.26. The van der Waals surface area contributed by atoms with Crippen LogP contribution in [0.15, 0.2) is 60.7 Å². The Morgan fingerprint density at radius 3 is 2.35 bits per heavy atom. The van der Waals surface area contributed by atoms with Crippen molar-refractivity contribution in [3.63, 3.8) is 0 Å². The number of rotatable bonds is 8. The van der Waals surface area contributed by atoms with Gasteiger partial charge in [-0.2, -0.15) is 5.10 Å². The van der Waals surface area contributed by atoms with E-state index in [4.69, 9.17) is 5.10 Å². The monoisotopic (exact) mass is 460 g/mol. The predicted octanol–water partition coefficient (Wildman–Crippen LogP) is 5.49. The van der Waals surface area contributed by atoms with Gasteiger partial charge in [-0.3, -0.25) is 9.59 Å². The Kier molecular flexibility index (Phi) is 7.92. The lowest BCUT2D eigenvalue weighted by molar-refractivity contribution is -0.136.